The van der Waals surface area contributed by atoms with E-state index in [2.05, 4.69) is 15.2 Å². The number of benzene rings is 1. The molecule has 2 aliphatic rings. The minimum absolute atomic E-state index is 0.0774. The fraction of sp³-hybridized carbons (Fsp3) is 0.536. The van der Waals surface area contributed by atoms with Crippen LogP contribution in [0.15, 0.2) is 29.3 Å². The van der Waals surface area contributed by atoms with Gasteiger partial charge in [-0.3, -0.25) is 4.90 Å². The van der Waals surface area contributed by atoms with Gasteiger partial charge in [-0.25, -0.2) is 9.98 Å². The average Bonchev–Trinajstić information content (AvgIpc) is 3.27. The fourth-order valence-electron chi connectivity index (χ4n) is 5.35. The number of aromatic nitrogens is 3. The van der Waals surface area contributed by atoms with Gasteiger partial charge in [0.1, 0.15) is 10.9 Å². The molecule has 1 unspecified atom stereocenters. The first kappa shape index (κ1) is 30.4. The van der Waals surface area contributed by atoms with Crippen molar-refractivity contribution >= 4 is 46.2 Å². The molecule has 0 amide bonds. The van der Waals surface area contributed by atoms with Crippen molar-refractivity contribution in [1.29, 1.82) is 0 Å². The predicted octanol–water partition coefficient (Wildman–Crippen LogP) is 4.20. The van der Waals surface area contributed by atoms with Gasteiger partial charge in [-0.1, -0.05) is 17.2 Å². The maximum Gasteiger partial charge on any atom is 0.416 e. The minimum atomic E-state index is -4.53. The van der Waals surface area contributed by atoms with Gasteiger partial charge in [0.2, 0.25) is 0 Å². The number of alkyl halides is 3. The Bertz CT molecular complexity index is 1410. The van der Waals surface area contributed by atoms with Gasteiger partial charge in [-0.2, -0.15) is 17.7 Å². The summed E-state index contributed by atoms with van der Waals surface area (Å²) in [6.45, 7) is 5.55. The maximum absolute atomic E-state index is 14.3. The van der Waals surface area contributed by atoms with Crippen molar-refractivity contribution in [1.82, 2.24) is 24.4 Å². The molecule has 1 N–H and O–H groups in total. The first-order valence-electron chi connectivity index (χ1n) is 14.0. The van der Waals surface area contributed by atoms with E-state index in [-0.39, 0.29) is 17.4 Å². The molecule has 2 aromatic heterocycles. The normalized spacial score (nSPS) is 18.2. The molecule has 2 aliphatic heterocycles. The highest BCUT2D eigenvalue weighted by Gasteiger charge is 2.36. The Labute approximate surface area is 246 Å². The number of piperidine rings is 1. The third-order valence-electron chi connectivity index (χ3n) is 7.61. The van der Waals surface area contributed by atoms with Crippen molar-refractivity contribution in [3.8, 4) is 0 Å². The van der Waals surface area contributed by atoms with Gasteiger partial charge in [-0.05, 0) is 19.1 Å². The first-order chi connectivity index (χ1) is 20.0. The highest BCUT2D eigenvalue weighted by molar-refractivity contribution is 7.91. The van der Waals surface area contributed by atoms with E-state index in [1.165, 1.54) is 6.07 Å². The van der Waals surface area contributed by atoms with Gasteiger partial charge in [-0.15, -0.1) is 5.10 Å². The SMILES string of the molecule is Cc1nc2c(/N=C/N(C)C)cc(N3CCOCC3)nn2c1Nc1cccc(C(F)(F)F)c1CN1CCC([S+](C)[O-])CC1. The number of nitrogens with one attached hydrogen (secondary N) is 1. The van der Waals surface area contributed by atoms with Crippen LogP contribution in [-0.4, -0.2) is 100 Å². The lowest BCUT2D eigenvalue weighted by molar-refractivity contribution is -0.138. The molecule has 2 fully saturated rings. The van der Waals surface area contributed by atoms with Crippen LogP contribution >= 0.6 is 0 Å². The molecule has 10 nitrogen and oxygen atoms in total. The van der Waals surface area contributed by atoms with Crippen LogP contribution in [0.1, 0.15) is 29.7 Å². The van der Waals surface area contributed by atoms with Crippen LogP contribution in [0.5, 0.6) is 0 Å². The number of fused-ring (bicyclic) bond motifs is 1. The number of halogens is 3. The van der Waals surface area contributed by atoms with E-state index < -0.39 is 22.9 Å². The van der Waals surface area contributed by atoms with Crippen LogP contribution in [-0.2, 0) is 28.6 Å². The fourth-order valence-corrected chi connectivity index (χ4v) is 6.23. The number of rotatable bonds is 8. The number of nitrogens with zero attached hydrogens (tertiary/aromatic N) is 7. The molecule has 2 saturated heterocycles. The molecule has 5 rings (SSSR count). The largest absolute Gasteiger partial charge is 0.616 e. The number of anilines is 3. The molecular formula is C28H37F3N8O2S. The van der Waals surface area contributed by atoms with E-state index in [0.29, 0.717) is 86.6 Å². The third-order valence-corrected chi connectivity index (χ3v) is 9.02. The predicted molar refractivity (Wildman–Crippen MR) is 160 cm³/mol. The molecule has 228 valence electrons. The lowest BCUT2D eigenvalue weighted by Crippen LogP contribution is -2.39. The number of aryl methyl sites for hydroxylation is 1. The van der Waals surface area contributed by atoms with Crippen LogP contribution in [0, 0.1) is 6.92 Å². The van der Waals surface area contributed by atoms with Crippen molar-refractivity contribution < 1.29 is 22.5 Å². The molecule has 4 heterocycles. The lowest BCUT2D eigenvalue weighted by atomic mass is 10.0. The van der Waals surface area contributed by atoms with Gasteiger partial charge < -0.3 is 24.4 Å². The van der Waals surface area contributed by atoms with Gasteiger partial charge in [0.05, 0.1) is 37.1 Å². The monoisotopic (exact) mass is 606 g/mol. The van der Waals surface area contributed by atoms with E-state index in [0.717, 1.165) is 6.07 Å². The van der Waals surface area contributed by atoms with E-state index >= 15 is 0 Å². The summed E-state index contributed by atoms with van der Waals surface area (Å²) in [5, 5.41) is 8.21. The summed E-state index contributed by atoms with van der Waals surface area (Å²) in [6, 6.07) is 6.07. The van der Waals surface area contributed by atoms with Crippen molar-refractivity contribution in [2.45, 2.75) is 37.7 Å². The highest BCUT2D eigenvalue weighted by Crippen LogP contribution is 2.38. The molecule has 0 saturated carbocycles. The summed E-state index contributed by atoms with van der Waals surface area (Å²) in [6.07, 6.45) is 0.224. The Hall–Kier alpha value is -3.07. The standard InChI is InChI=1S/C28H37F3N8O2S/c1-19-26(39-27(33-19)24(32-18-36(2)3)16-25(35-39)38-12-14-41-15-13-38)34-23-7-5-6-22(28(29,30)31)21(23)17-37-10-8-20(9-11-37)42(4)40/h5-7,16,18,20,34H,8-15,17H2,1-4H3/b32-18+. The number of hydrogen-bond acceptors (Lipinski definition) is 8. The number of imidazole rings is 1. The molecule has 3 aromatic rings. The van der Waals surface area contributed by atoms with Crippen LogP contribution in [0.4, 0.5) is 36.2 Å². The van der Waals surface area contributed by atoms with Crippen LogP contribution < -0.4 is 10.2 Å². The second-order valence-electron chi connectivity index (χ2n) is 10.9. The zero-order valence-corrected chi connectivity index (χ0v) is 25.1. The van der Waals surface area contributed by atoms with Gasteiger partial charge in [0, 0.05) is 77.0 Å². The van der Waals surface area contributed by atoms with Gasteiger partial charge in [0.15, 0.2) is 17.3 Å². The van der Waals surface area contributed by atoms with E-state index in [1.807, 2.05) is 30.0 Å². The number of hydrogen-bond donors (Lipinski definition) is 1. The molecule has 42 heavy (non-hydrogen) atoms. The third kappa shape index (κ3) is 6.77. The molecule has 0 aliphatic carbocycles. The summed E-state index contributed by atoms with van der Waals surface area (Å²) >= 11 is -0.944. The van der Waals surface area contributed by atoms with Crippen LogP contribution in [0.25, 0.3) is 5.65 Å². The van der Waals surface area contributed by atoms with Crippen molar-refractivity contribution in [3.05, 3.63) is 41.1 Å². The van der Waals surface area contributed by atoms with Crippen LogP contribution in [0.2, 0.25) is 0 Å². The van der Waals surface area contributed by atoms with Crippen molar-refractivity contribution in [2.24, 2.45) is 4.99 Å². The van der Waals surface area contributed by atoms with Crippen molar-refractivity contribution in [2.75, 3.05) is 70.0 Å². The molecule has 1 atom stereocenters. The lowest BCUT2D eigenvalue weighted by Gasteiger charge is -2.32. The first-order valence-corrected chi connectivity index (χ1v) is 15.6. The molecule has 0 bridgehead atoms. The molecule has 0 spiro atoms. The Morgan fingerprint density at radius 1 is 1.19 bits per heavy atom. The molecule has 14 heteroatoms. The minimum Gasteiger partial charge on any atom is -0.616 e. The Morgan fingerprint density at radius 2 is 1.90 bits per heavy atom. The quantitative estimate of drug-likeness (QED) is 0.232. The van der Waals surface area contributed by atoms with Crippen molar-refractivity contribution in [3.63, 3.8) is 0 Å². The second kappa shape index (κ2) is 12.7. The highest BCUT2D eigenvalue weighted by atomic mass is 32.2. The Kier molecular flexibility index (Phi) is 9.16. The molecule has 0 radical (unpaired) electrons. The zero-order chi connectivity index (χ0) is 30.0. The number of ether oxygens (including phenoxy) is 1. The molecular weight excluding hydrogens is 569 g/mol. The summed E-state index contributed by atoms with van der Waals surface area (Å²) in [7, 11) is 3.74. The summed E-state index contributed by atoms with van der Waals surface area (Å²) in [5.74, 6) is 1.15. The zero-order valence-electron chi connectivity index (χ0n) is 24.3. The Morgan fingerprint density at radius 3 is 2.55 bits per heavy atom. The topological polar surface area (TPSA) is 96.6 Å². The maximum atomic E-state index is 14.3. The van der Waals surface area contributed by atoms with Crippen LogP contribution in [0.3, 0.4) is 0 Å². The smallest absolute Gasteiger partial charge is 0.416 e. The Balaban J connectivity index is 1.55. The summed E-state index contributed by atoms with van der Waals surface area (Å²) < 4.78 is 61.9. The second-order valence-corrected chi connectivity index (χ2v) is 12.6. The number of aliphatic imine (C=N–C) groups is 1. The molecule has 1 aromatic carbocycles. The summed E-state index contributed by atoms with van der Waals surface area (Å²) in [5.41, 5.74) is 1.49. The summed E-state index contributed by atoms with van der Waals surface area (Å²) in [4.78, 5) is 15.3. The van der Waals surface area contributed by atoms with E-state index in [1.54, 1.807) is 30.1 Å². The van der Waals surface area contributed by atoms with Gasteiger partial charge in [0.25, 0.3) is 0 Å². The number of likely N-dealkylation sites (tertiary alicyclic amines) is 1. The van der Waals surface area contributed by atoms with Gasteiger partial charge >= 0.3 is 6.18 Å². The number of morpholine rings is 1. The average molecular weight is 607 g/mol. The van der Waals surface area contributed by atoms with E-state index in [9.17, 15) is 17.7 Å². The van der Waals surface area contributed by atoms with E-state index in [4.69, 9.17) is 14.8 Å².